The first-order valence-corrected chi connectivity index (χ1v) is 11.8. The summed E-state index contributed by atoms with van der Waals surface area (Å²) in [5, 5.41) is 13.7. The third-order valence-electron chi connectivity index (χ3n) is 7.85. The van der Waals surface area contributed by atoms with Gasteiger partial charge in [-0.1, -0.05) is 89.9 Å². The third-order valence-corrected chi connectivity index (χ3v) is 8.59. The van der Waals surface area contributed by atoms with Gasteiger partial charge in [0, 0.05) is 30.2 Å². The molecule has 0 saturated carbocycles. The van der Waals surface area contributed by atoms with E-state index in [0.29, 0.717) is 10.0 Å². The molecule has 3 aliphatic heterocycles. The van der Waals surface area contributed by atoms with Crippen LogP contribution in [0.3, 0.4) is 0 Å². The molecule has 0 aromatic heterocycles. The average molecular weight is 453 g/mol. The molecule has 3 aromatic carbocycles. The fourth-order valence-electron chi connectivity index (χ4n) is 6.01. The van der Waals surface area contributed by atoms with E-state index in [0.717, 1.165) is 61.1 Å². The van der Waals surface area contributed by atoms with E-state index in [1.165, 1.54) is 5.56 Å². The van der Waals surface area contributed by atoms with Gasteiger partial charge in [0.1, 0.15) is 12.1 Å². The normalized spacial score (nSPS) is 25.5. The summed E-state index contributed by atoms with van der Waals surface area (Å²) in [5.74, 6) is 0. The standard InChI is InChI=1S/C27H28Cl2NO/c28-24-12-11-21(19-25(24)29)20-30-16-13-26(14-17-30,15-18-30)27(31,22-7-3-1-4-8-22)23-9-5-2-6-10-23/h1-12,19,31H,13-18,20H2/q+1. The Morgan fingerprint density at radius 2 is 1.26 bits per heavy atom. The summed E-state index contributed by atoms with van der Waals surface area (Å²) >= 11 is 12.4. The van der Waals surface area contributed by atoms with Gasteiger partial charge in [0.2, 0.25) is 0 Å². The third kappa shape index (κ3) is 3.50. The minimum absolute atomic E-state index is 0.145. The first kappa shape index (κ1) is 21.0. The molecule has 0 atom stereocenters. The molecule has 160 valence electrons. The van der Waals surface area contributed by atoms with Crippen molar-refractivity contribution < 1.29 is 9.59 Å². The Bertz CT molecular complexity index is 1000. The molecule has 3 fully saturated rings. The maximum atomic E-state index is 12.5. The fraction of sp³-hybridized carbons (Fsp3) is 0.333. The summed E-state index contributed by atoms with van der Waals surface area (Å²) in [6, 6.07) is 26.6. The number of hydrogen-bond acceptors (Lipinski definition) is 1. The lowest BCUT2D eigenvalue weighted by Gasteiger charge is -2.60. The van der Waals surface area contributed by atoms with E-state index in [4.69, 9.17) is 23.2 Å². The van der Waals surface area contributed by atoms with Gasteiger partial charge in [-0.2, -0.15) is 0 Å². The molecule has 6 rings (SSSR count). The van der Waals surface area contributed by atoms with Crippen molar-refractivity contribution in [3.63, 3.8) is 0 Å². The van der Waals surface area contributed by atoms with Crippen molar-refractivity contribution in [1.29, 1.82) is 0 Å². The van der Waals surface area contributed by atoms with Crippen molar-refractivity contribution in [3.8, 4) is 0 Å². The van der Waals surface area contributed by atoms with Crippen LogP contribution in [-0.2, 0) is 12.1 Å². The molecule has 1 N–H and O–H groups in total. The van der Waals surface area contributed by atoms with E-state index in [1.807, 2.05) is 48.5 Å². The van der Waals surface area contributed by atoms with Crippen molar-refractivity contribution >= 4 is 23.2 Å². The second-order valence-corrected chi connectivity index (χ2v) is 10.2. The number of benzene rings is 3. The van der Waals surface area contributed by atoms with E-state index in [1.54, 1.807) is 0 Å². The summed E-state index contributed by atoms with van der Waals surface area (Å²) in [5.41, 5.74) is 2.13. The number of rotatable bonds is 5. The zero-order valence-corrected chi connectivity index (χ0v) is 19.1. The second kappa shape index (κ2) is 7.94. The van der Waals surface area contributed by atoms with E-state index in [9.17, 15) is 5.11 Å². The second-order valence-electron chi connectivity index (χ2n) is 9.39. The smallest absolute Gasteiger partial charge is 0.121 e. The van der Waals surface area contributed by atoms with Gasteiger partial charge in [-0.15, -0.1) is 0 Å². The van der Waals surface area contributed by atoms with Crippen LogP contribution in [0.15, 0.2) is 78.9 Å². The first-order valence-electron chi connectivity index (χ1n) is 11.1. The number of piperidine rings is 3. The number of aliphatic hydroxyl groups is 1. The highest BCUT2D eigenvalue weighted by atomic mass is 35.5. The quantitative estimate of drug-likeness (QED) is 0.442. The number of halogens is 2. The largest absolute Gasteiger partial charge is 0.380 e. The zero-order chi connectivity index (χ0) is 21.5. The van der Waals surface area contributed by atoms with Crippen LogP contribution in [0.1, 0.15) is 36.0 Å². The predicted octanol–water partition coefficient (Wildman–Crippen LogP) is 6.43. The lowest BCUT2D eigenvalue weighted by Crippen LogP contribution is -2.66. The fourth-order valence-corrected chi connectivity index (χ4v) is 6.33. The van der Waals surface area contributed by atoms with Crippen LogP contribution in [0.2, 0.25) is 10.0 Å². The van der Waals surface area contributed by atoms with Gasteiger partial charge < -0.3 is 9.59 Å². The van der Waals surface area contributed by atoms with E-state index < -0.39 is 5.60 Å². The van der Waals surface area contributed by atoms with Crippen molar-refractivity contribution in [2.24, 2.45) is 5.41 Å². The molecule has 0 spiro atoms. The summed E-state index contributed by atoms with van der Waals surface area (Å²) in [7, 11) is 0. The van der Waals surface area contributed by atoms with Gasteiger partial charge in [0.15, 0.2) is 0 Å². The highest BCUT2D eigenvalue weighted by Gasteiger charge is 2.60. The van der Waals surface area contributed by atoms with Crippen LogP contribution >= 0.6 is 23.2 Å². The minimum atomic E-state index is -0.977. The highest BCUT2D eigenvalue weighted by molar-refractivity contribution is 6.42. The molecule has 3 heterocycles. The van der Waals surface area contributed by atoms with Gasteiger partial charge in [0.25, 0.3) is 0 Å². The SMILES string of the molecule is OC(c1ccccc1)(c1ccccc1)C12CC[N+](Cc3ccc(Cl)c(Cl)c3)(CC1)CC2. The Labute approximate surface area is 194 Å². The van der Waals surface area contributed by atoms with Crippen LogP contribution in [0, 0.1) is 5.41 Å². The van der Waals surface area contributed by atoms with Crippen molar-refractivity contribution in [2.45, 2.75) is 31.4 Å². The van der Waals surface area contributed by atoms with Crippen molar-refractivity contribution in [3.05, 3.63) is 106 Å². The summed E-state index contributed by atoms with van der Waals surface area (Å²) in [6.07, 6.45) is 3.03. The number of nitrogens with zero attached hydrogens (tertiary/aromatic N) is 1. The first-order chi connectivity index (χ1) is 15.0. The van der Waals surface area contributed by atoms with Gasteiger partial charge in [0.05, 0.1) is 29.7 Å². The van der Waals surface area contributed by atoms with E-state index in [-0.39, 0.29) is 5.41 Å². The molecule has 2 nitrogen and oxygen atoms in total. The molecule has 0 amide bonds. The Hall–Kier alpha value is -1.84. The van der Waals surface area contributed by atoms with Crippen LogP contribution in [0.4, 0.5) is 0 Å². The molecule has 3 aliphatic rings. The van der Waals surface area contributed by atoms with Gasteiger partial charge in [-0.3, -0.25) is 0 Å². The summed E-state index contributed by atoms with van der Waals surface area (Å²) < 4.78 is 1.07. The topological polar surface area (TPSA) is 20.2 Å². The molecule has 3 aromatic rings. The van der Waals surface area contributed by atoms with Crippen LogP contribution in [0.25, 0.3) is 0 Å². The highest BCUT2D eigenvalue weighted by Crippen LogP contribution is 2.57. The minimum Gasteiger partial charge on any atom is -0.380 e. The van der Waals surface area contributed by atoms with Crippen LogP contribution < -0.4 is 0 Å². The Morgan fingerprint density at radius 3 is 1.74 bits per heavy atom. The summed E-state index contributed by atoms with van der Waals surface area (Å²) in [4.78, 5) is 0. The van der Waals surface area contributed by atoms with Crippen molar-refractivity contribution in [1.82, 2.24) is 0 Å². The molecule has 31 heavy (non-hydrogen) atoms. The summed E-state index contributed by atoms with van der Waals surface area (Å²) in [6.45, 7) is 4.19. The lowest BCUT2D eigenvalue weighted by molar-refractivity contribution is -0.958. The monoisotopic (exact) mass is 452 g/mol. The number of quaternary nitrogens is 1. The number of hydrogen-bond donors (Lipinski definition) is 1. The molecule has 0 radical (unpaired) electrons. The molecule has 2 bridgehead atoms. The zero-order valence-electron chi connectivity index (χ0n) is 17.6. The van der Waals surface area contributed by atoms with Crippen LogP contribution in [-0.4, -0.2) is 29.2 Å². The molecule has 0 unspecified atom stereocenters. The Balaban J connectivity index is 1.47. The Morgan fingerprint density at radius 1 is 0.742 bits per heavy atom. The maximum Gasteiger partial charge on any atom is 0.121 e. The molecular weight excluding hydrogens is 425 g/mol. The predicted molar refractivity (Wildman–Crippen MR) is 127 cm³/mol. The maximum absolute atomic E-state index is 12.5. The average Bonchev–Trinajstić information content (AvgIpc) is 2.83. The van der Waals surface area contributed by atoms with Gasteiger partial charge >= 0.3 is 0 Å². The van der Waals surface area contributed by atoms with Crippen LogP contribution in [0.5, 0.6) is 0 Å². The van der Waals surface area contributed by atoms with E-state index in [2.05, 4.69) is 30.3 Å². The molecular formula is C27H28Cl2NO+. The van der Waals surface area contributed by atoms with E-state index >= 15 is 0 Å². The Kier molecular flexibility index (Phi) is 5.38. The van der Waals surface area contributed by atoms with Gasteiger partial charge in [-0.05, 0) is 23.3 Å². The molecule has 0 aliphatic carbocycles. The number of fused-ring (bicyclic) bond motifs is 3. The van der Waals surface area contributed by atoms with Gasteiger partial charge in [-0.25, -0.2) is 0 Å². The lowest BCUT2D eigenvalue weighted by atomic mass is 9.56. The molecule has 3 saturated heterocycles. The van der Waals surface area contributed by atoms with Crippen molar-refractivity contribution in [2.75, 3.05) is 19.6 Å². The molecule has 4 heteroatoms.